The molecular formula is C18H20ClN3O2. The molecule has 2 atom stereocenters. The Balaban J connectivity index is 1.53. The topological polar surface area (TPSA) is 47.4 Å². The highest BCUT2D eigenvalue weighted by atomic mass is 35.5. The summed E-state index contributed by atoms with van der Waals surface area (Å²) in [7, 11) is 1.90. The van der Waals surface area contributed by atoms with Gasteiger partial charge in [0.2, 0.25) is 5.91 Å². The molecule has 0 radical (unpaired) electrons. The number of likely N-dealkylation sites (tertiary alicyclic amines) is 1. The number of fused-ring (bicyclic) bond motifs is 1. The van der Waals surface area contributed by atoms with E-state index in [1.165, 1.54) is 0 Å². The summed E-state index contributed by atoms with van der Waals surface area (Å²) in [6.45, 7) is 1.24. The highest BCUT2D eigenvalue weighted by molar-refractivity contribution is 6.30. The highest BCUT2D eigenvalue weighted by Gasteiger charge is 2.36. The first-order valence-electron chi connectivity index (χ1n) is 8.32. The predicted molar refractivity (Wildman–Crippen MR) is 91.0 cm³/mol. The first-order valence-corrected chi connectivity index (χ1v) is 8.70. The van der Waals surface area contributed by atoms with Gasteiger partial charge < -0.3 is 9.64 Å². The van der Waals surface area contributed by atoms with Gasteiger partial charge in [-0.05, 0) is 43.0 Å². The van der Waals surface area contributed by atoms with Crippen LogP contribution in [0.1, 0.15) is 30.0 Å². The number of hydrogen-bond donors (Lipinski definition) is 0. The molecule has 0 N–H and O–H groups in total. The van der Waals surface area contributed by atoms with Gasteiger partial charge in [-0.25, -0.2) is 0 Å². The van der Waals surface area contributed by atoms with Crippen molar-refractivity contribution in [3.63, 3.8) is 0 Å². The fourth-order valence-corrected chi connectivity index (χ4v) is 3.94. The zero-order valence-electron chi connectivity index (χ0n) is 13.6. The summed E-state index contributed by atoms with van der Waals surface area (Å²) in [4.78, 5) is 15.1. The van der Waals surface area contributed by atoms with Gasteiger partial charge in [0, 0.05) is 30.4 Å². The van der Waals surface area contributed by atoms with Crippen LogP contribution in [0.25, 0.3) is 0 Å². The zero-order valence-corrected chi connectivity index (χ0v) is 14.4. The predicted octanol–water partition coefficient (Wildman–Crippen LogP) is 2.99. The number of carbonyl (C=O) groups is 1. The van der Waals surface area contributed by atoms with Crippen molar-refractivity contribution in [2.75, 3.05) is 13.2 Å². The summed E-state index contributed by atoms with van der Waals surface area (Å²) in [6, 6.07) is 5.74. The van der Waals surface area contributed by atoms with Crippen molar-refractivity contribution in [1.29, 1.82) is 0 Å². The maximum Gasteiger partial charge on any atom is 0.229 e. The number of rotatable bonds is 2. The monoisotopic (exact) mass is 345 g/mol. The third kappa shape index (κ3) is 2.77. The van der Waals surface area contributed by atoms with Crippen LogP contribution < -0.4 is 4.74 Å². The van der Waals surface area contributed by atoms with Crippen molar-refractivity contribution in [1.82, 2.24) is 14.7 Å². The van der Waals surface area contributed by atoms with Crippen molar-refractivity contribution in [3.8, 4) is 5.75 Å². The maximum atomic E-state index is 13.1. The lowest BCUT2D eigenvalue weighted by Gasteiger charge is -2.31. The van der Waals surface area contributed by atoms with Crippen molar-refractivity contribution >= 4 is 17.5 Å². The van der Waals surface area contributed by atoms with Gasteiger partial charge in [0.1, 0.15) is 12.4 Å². The lowest BCUT2D eigenvalue weighted by Crippen LogP contribution is -2.40. The standard InChI is InChI=1S/C18H20ClN3O2/c1-21-10-14(9-20-21)16-3-2-6-22(16)18(23)13-7-12-8-15(19)4-5-17(12)24-11-13/h4-5,8-10,13,16H,2-3,6-7,11H2,1H3. The molecule has 2 unspecified atom stereocenters. The molecular weight excluding hydrogens is 326 g/mol. The van der Waals surface area contributed by atoms with Crippen LogP contribution in [-0.2, 0) is 18.3 Å². The minimum Gasteiger partial charge on any atom is -0.492 e. The number of halogens is 1. The molecule has 0 spiro atoms. The van der Waals surface area contributed by atoms with E-state index in [9.17, 15) is 4.79 Å². The van der Waals surface area contributed by atoms with Crippen LogP contribution in [0.2, 0.25) is 5.02 Å². The molecule has 2 aliphatic heterocycles. The largest absolute Gasteiger partial charge is 0.492 e. The Bertz CT molecular complexity index is 773. The number of amides is 1. The van der Waals surface area contributed by atoms with E-state index < -0.39 is 0 Å². The maximum absolute atomic E-state index is 13.1. The average Bonchev–Trinajstić information content (AvgIpc) is 3.22. The molecule has 4 rings (SSSR count). The number of ether oxygens (including phenoxy) is 1. The normalized spacial score (nSPS) is 23.0. The van der Waals surface area contributed by atoms with Crippen molar-refractivity contribution in [2.24, 2.45) is 13.0 Å². The van der Waals surface area contributed by atoms with E-state index in [1.807, 2.05) is 42.5 Å². The molecule has 5 nitrogen and oxygen atoms in total. The quantitative estimate of drug-likeness (QED) is 0.840. The average molecular weight is 346 g/mol. The Labute approximate surface area is 146 Å². The van der Waals surface area contributed by atoms with Gasteiger partial charge >= 0.3 is 0 Å². The highest BCUT2D eigenvalue weighted by Crippen LogP contribution is 2.35. The Morgan fingerprint density at radius 3 is 3.08 bits per heavy atom. The molecule has 0 aliphatic carbocycles. The lowest BCUT2D eigenvalue weighted by molar-refractivity contribution is -0.137. The molecule has 126 valence electrons. The van der Waals surface area contributed by atoms with Gasteiger partial charge in [-0.15, -0.1) is 0 Å². The number of nitrogens with zero attached hydrogens (tertiary/aromatic N) is 3. The van der Waals surface area contributed by atoms with Gasteiger partial charge in [-0.2, -0.15) is 5.10 Å². The lowest BCUT2D eigenvalue weighted by atomic mass is 9.95. The minimum absolute atomic E-state index is 0.131. The van der Waals surface area contributed by atoms with E-state index in [-0.39, 0.29) is 17.9 Å². The molecule has 0 bridgehead atoms. The smallest absolute Gasteiger partial charge is 0.229 e. The number of hydrogen-bond acceptors (Lipinski definition) is 3. The summed E-state index contributed by atoms with van der Waals surface area (Å²) in [5.74, 6) is 0.869. The second-order valence-electron chi connectivity index (χ2n) is 6.60. The summed E-state index contributed by atoms with van der Waals surface area (Å²) >= 11 is 6.08. The third-order valence-corrected chi connectivity index (χ3v) is 5.16. The number of carbonyl (C=O) groups excluding carboxylic acids is 1. The SMILES string of the molecule is Cn1cc(C2CCCN2C(=O)C2COc3ccc(Cl)cc3C2)cn1. The van der Waals surface area contributed by atoms with Gasteiger partial charge in [-0.1, -0.05) is 11.6 Å². The van der Waals surface area contributed by atoms with Crippen LogP contribution in [0.5, 0.6) is 5.75 Å². The molecule has 1 aromatic carbocycles. The fraction of sp³-hybridized carbons (Fsp3) is 0.444. The van der Waals surface area contributed by atoms with Crippen molar-refractivity contribution in [2.45, 2.75) is 25.3 Å². The van der Waals surface area contributed by atoms with E-state index in [1.54, 1.807) is 4.68 Å². The number of aryl methyl sites for hydroxylation is 1. The molecule has 24 heavy (non-hydrogen) atoms. The van der Waals surface area contributed by atoms with Crippen LogP contribution in [0.15, 0.2) is 30.6 Å². The Kier molecular flexibility index (Phi) is 3.96. The Hall–Kier alpha value is -2.01. The van der Waals surface area contributed by atoms with Gasteiger partial charge in [0.05, 0.1) is 18.2 Å². The second-order valence-corrected chi connectivity index (χ2v) is 7.04. The van der Waals surface area contributed by atoms with Crippen molar-refractivity contribution in [3.05, 3.63) is 46.7 Å². The van der Waals surface area contributed by atoms with E-state index in [0.29, 0.717) is 18.1 Å². The van der Waals surface area contributed by atoms with Crippen molar-refractivity contribution < 1.29 is 9.53 Å². The van der Waals surface area contributed by atoms with Crippen LogP contribution >= 0.6 is 11.6 Å². The summed E-state index contributed by atoms with van der Waals surface area (Å²) in [5, 5.41) is 4.93. The van der Waals surface area contributed by atoms with Crippen LogP contribution in [0, 0.1) is 5.92 Å². The van der Waals surface area contributed by atoms with Gasteiger partial charge in [0.25, 0.3) is 0 Å². The Morgan fingerprint density at radius 1 is 1.42 bits per heavy atom. The first kappa shape index (κ1) is 15.5. The molecule has 3 heterocycles. The molecule has 0 saturated carbocycles. The zero-order chi connectivity index (χ0) is 16.7. The number of aromatic nitrogens is 2. The summed E-state index contributed by atoms with van der Waals surface area (Å²) < 4.78 is 7.58. The minimum atomic E-state index is -0.145. The first-order chi connectivity index (χ1) is 11.6. The molecule has 1 fully saturated rings. The summed E-state index contributed by atoms with van der Waals surface area (Å²) in [5.41, 5.74) is 2.13. The third-order valence-electron chi connectivity index (χ3n) is 4.92. The molecule has 1 aromatic heterocycles. The van der Waals surface area contributed by atoms with Crippen LogP contribution in [0.4, 0.5) is 0 Å². The van der Waals surface area contributed by atoms with E-state index >= 15 is 0 Å². The van der Waals surface area contributed by atoms with Gasteiger partial charge in [-0.3, -0.25) is 9.48 Å². The molecule has 1 saturated heterocycles. The Morgan fingerprint density at radius 2 is 2.29 bits per heavy atom. The van der Waals surface area contributed by atoms with E-state index in [0.717, 1.165) is 36.3 Å². The number of benzene rings is 1. The molecule has 2 aliphatic rings. The molecule has 1 amide bonds. The molecule has 6 heteroatoms. The van der Waals surface area contributed by atoms with E-state index in [4.69, 9.17) is 16.3 Å². The van der Waals surface area contributed by atoms with Crippen LogP contribution in [-0.4, -0.2) is 33.7 Å². The van der Waals surface area contributed by atoms with Gasteiger partial charge in [0.15, 0.2) is 0 Å². The van der Waals surface area contributed by atoms with E-state index in [2.05, 4.69) is 5.10 Å². The fourth-order valence-electron chi connectivity index (χ4n) is 3.75. The second kappa shape index (κ2) is 6.13. The van der Waals surface area contributed by atoms with Crippen LogP contribution in [0.3, 0.4) is 0 Å². The summed E-state index contributed by atoms with van der Waals surface area (Å²) in [6.07, 6.45) is 6.57. The molecule has 2 aromatic rings.